The van der Waals surface area contributed by atoms with E-state index in [1.165, 1.54) is 0 Å². The standard InChI is InChI=1S/C17H15N3O3/c1-2-23-14-9-7-13(8-10-14)19-16(21)17(22)20-15-6-4-3-5-12(15)11-18/h3-10H,2H2,1H3,(H,19,21)(H,20,22). The lowest BCUT2D eigenvalue weighted by atomic mass is 10.2. The van der Waals surface area contributed by atoms with Crippen molar-refractivity contribution in [3.8, 4) is 11.8 Å². The Labute approximate surface area is 133 Å². The van der Waals surface area contributed by atoms with Crippen molar-refractivity contribution in [3.63, 3.8) is 0 Å². The topological polar surface area (TPSA) is 91.2 Å². The Kier molecular flexibility index (Phi) is 5.31. The van der Waals surface area contributed by atoms with Gasteiger partial charge in [-0.25, -0.2) is 0 Å². The number of nitriles is 1. The van der Waals surface area contributed by atoms with Crippen LogP contribution >= 0.6 is 0 Å². The maximum atomic E-state index is 11.9. The van der Waals surface area contributed by atoms with Crippen molar-refractivity contribution in [2.24, 2.45) is 0 Å². The highest BCUT2D eigenvalue weighted by molar-refractivity contribution is 6.43. The molecule has 0 heterocycles. The summed E-state index contributed by atoms with van der Waals surface area (Å²) in [7, 11) is 0. The zero-order chi connectivity index (χ0) is 16.7. The van der Waals surface area contributed by atoms with E-state index in [-0.39, 0.29) is 5.56 Å². The summed E-state index contributed by atoms with van der Waals surface area (Å²) in [5.74, 6) is -0.985. The van der Waals surface area contributed by atoms with Gasteiger partial charge in [0.15, 0.2) is 0 Å². The number of amides is 2. The van der Waals surface area contributed by atoms with E-state index in [0.717, 1.165) is 0 Å². The lowest BCUT2D eigenvalue weighted by Crippen LogP contribution is -2.29. The molecule has 0 aromatic heterocycles. The van der Waals surface area contributed by atoms with Crippen molar-refractivity contribution in [1.29, 1.82) is 5.26 Å². The second-order valence-corrected chi connectivity index (χ2v) is 4.52. The van der Waals surface area contributed by atoms with Crippen molar-refractivity contribution in [3.05, 3.63) is 54.1 Å². The minimum absolute atomic E-state index is 0.287. The van der Waals surface area contributed by atoms with Crippen molar-refractivity contribution >= 4 is 23.2 Å². The Morgan fingerprint density at radius 3 is 2.35 bits per heavy atom. The summed E-state index contributed by atoms with van der Waals surface area (Å²) in [5, 5.41) is 13.9. The first-order valence-electron chi connectivity index (χ1n) is 6.98. The van der Waals surface area contributed by atoms with Gasteiger partial charge in [-0.1, -0.05) is 12.1 Å². The number of nitrogens with zero attached hydrogens (tertiary/aromatic N) is 1. The first kappa shape index (κ1) is 16.0. The predicted octanol–water partition coefficient (Wildman–Crippen LogP) is 2.53. The molecule has 2 rings (SSSR count). The van der Waals surface area contributed by atoms with Crippen molar-refractivity contribution in [2.75, 3.05) is 17.2 Å². The van der Waals surface area contributed by atoms with E-state index in [0.29, 0.717) is 23.7 Å². The van der Waals surface area contributed by atoms with E-state index in [1.807, 2.05) is 13.0 Å². The second kappa shape index (κ2) is 7.61. The van der Waals surface area contributed by atoms with Gasteiger partial charge in [-0.15, -0.1) is 0 Å². The first-order valence-corrected chi connectivity index (χ1v) is 6.98. The number of nitrogens with one attached hydrogen (secondary N) is 2. The number of carbonyl (C=O) groups is 2. The molecule has 6 nitrogen and oxygen atoms in total. The average Bonchev–Trinajstić information content (AvgIpc) is 2.57. The van der Waals surface area contributed by atoms with Crippen LogP contribution in [0.3, 0.4) is 0 Å². The van der Waals surface area contributed by atoms with E-state index in [1.54, 1.807) is 48.5 Å². The molecule has 0 unspecified atom stereocenters. The Bertz CT molecular complexity index is 748. The molecule has 2 N–H and O–H groups in total. The second-order valence-electron chi connectivity index (χ2n) is 4.52. The van der Waals surface area contributed by atoms with Crippen LogP contribution in [0, 0.1) is 11.3 Å². The number of carbonyl (C=O) groups excluding carboxylic acids is 2. The van der Waals surface area contributed by atoms with Gasteiger partial charge < -0.3 is 15.4 Å². The summed E-state index contributed by atoms with van der Waals surface area (Å²) in [5.41, 5.74) is 1.05. The molecule has 0 spiro atoms. The van der Waals surface area contributed by atoms with E-state index >= 15 is 0 Å². The van der Waals surface area contributed by atoms with E-state index in [9.17, 15) is 9.59 Å². The van der Waals surface area contributed by atoms with Crippen LogP contribution in [0.1, 0.15) is 12.5 Å². The van der Waals surface area contributed by atoms with Crippen LogP contribution in [-0.4, -0.2) is 18.4 Å². The number of para-hydroxylation sites is 1. The Balaban J connectivity index is 2.00. The third-order valence-corrected chi connectivity index (χ3v) is 2.93. The smallest absolute Gasteiger partial charge is 0.314 e. The Morgan fingerprint density at radius 1 is 1.04 bits per heavy atom. The minimum Gasteiger partial charge on any atom is -0.494 e. The third-order valence-electron chi connectivity index (χ3n) is 2.93. The first-order chi connectivity index (χ1) is 11.1. The summed E-state index contributed by atoms with van der Waals surface area (Å²) >= 11 is 0. The summed E-state index contributed by atoms with van der Waals surface area (Å²) < 4.78 is 5.30. The van der Waals surface area contributed by atoms with Gasteiger partial charge in [0, 0.05) is 5.69 Å². The van der Waals surface area contributed by atoms with Crippen molar-refractivity contribution in [1.82, 2.24) is 0 Å². The van der Waals surface area contributed by atoms with Crippen LogP contribution in [-0.2, 0) is 9.59 Å². The predicted molar refractivity (Wildman–Crippen MR) is 86.0 cm³/mol. The molecular weight excluding hydrogens is 294 g/mol. The number of hydrogen-bond donors (Lipinski definition) is 2. The van der Waals surface area contributed by atoms with Gasteiger partial charge in [0.05, 0.1) is 17.9 Å². The van der Waals surface area contributed by atoms with Crippen LogP contribution < -0.4 is 15.4 Å². The zero-order valence-electron chi connectivity index (χ0n) is 12.5. The molecule has 0 fully saturated rings. The number of hydrogen-bond acceptors (Lipinski definition) is 4. The Morgan fingerprint density at radius 2 is 1.70 bits per heavy atom. The molecule has 0 aliphatic heterocycles. The fourth-order valence-corrected chi connectivity index (χ4v) is 1.86. The van der Waals surface area contributed by atoms with E-state index in [2.05, 4.69) is 10.6 Å². The summed E-state index contributed by atoms with van der Waals surface area (Å²) in [4.78, 5) is 23.8. The zero-order valence-corrected chi connectivity index (χ0v) is 12.5. The Hall–Kier alpha value is -3.33. The highest BCUT2D eigenvalue weighted by Gasteiger charge is 2.15. The number of rotatable bonds is 4. The molecule has 0 radical (unpaired) electrons. The van der Waals surface area contributed by atoms with Gasteiger partial charge in [-0.05, 0) is 43.3 Å². The van der Waals surface area contributed by atoms with E-state index < -0.39 is 11.8 Å². The van der Waals surface area contributed by atoms with Crippen LogP contribution in [0.15, 0.2) is 48.5 Å². The average molecular weight is 309 g/mol. The fraction of sp³-hybridized carbons (Fsp3) is 0.118. The molecular formula is C17H15N3O3. The molecule has 23 heavy (non-hydrogen) atoms. The van der Waals surface area contributed by atoms with Crippen LogP contribution in [0.4, 0.5) is 11.4 Å². The molecule has 6 heteroatoms. The fourth-order valence-electron chi connectivity index (χ4n) is 1.86. The van der Waals surface area contributed by atoms with Crippen molar-refractivity contribution < 1.29 is 14.3 Å². The maximum absolute atomic E-state index is 11.9. The highest BCUT2D eigenvalue weighted by Crippen LogP contribution is 2.16. The summed E-state index contributed by atoms with van der Waals surface area (Å²) in [6.07, 6.45) is 0. The van der Waals surface area contributed by atoms with Gasteiger partial charge in [-0.2, -0.15) is 5.26 Å². The molecule has 0 aliphatic carbocycles. The molecule has 0 aliphatic rings. The SMILES string of the molecule is CCOc1ccc(NC(=O)C(=O)Nc2ccccc2C#N)cc1. The van der Waals surface area contributed by atoms with Crippen molar-refractivity contribution in [2.45, 2.75) is 6.92 Å². The molecule has 0 saturated heterocycles. The number of benzene rings is 2. The quantitative estimate of drug-likeness (QED) is 0.849. The normalized spacial score (nSPS) is 9.57. The van der Waals surface area contributed by atoms with Gasteiger partial charge >= 0.3 is 11.8 Å². The molecule has 2 amide bonds. The summed E-state index contributed by atoms with van der Waals surface area (Å²) in [6.45, 7) is 2.42. The third kappa shape index (κ3) is 4.32. The molecule has 0 bridgehead atoms. The van der Waals surface area contributed by atoms with E-state index in [4.69, 9.17) is 10.00 Å². The largest absolute Gasteiger partial charge is 0.494 e. The highest BCUT2D eigenvalue weighted by atomic mass is 16.5. The lowest BCUT2D eigenvalue weighted by Gasteiger charge is -2.08. The number of anilines is 2. The molecule has 2 aromatic carbocycles. The maximum Gasteiger partial charge on any atom is 0.314 e. The van der Waals surface area contributed by atoms with Gasteiger partial charge in [-0.3, -0.25) is 9.59 Å². The van der Waals surface area contributed by atoms with Gasteiger partial charge in [0.2, 0.25) is 0 Å². The molecule has 116 valence electrons. The minimum atomic E-state index is -0.846. The van der Waals surface area contributed by atoms with Crippen LogP contribution in [0.5, 0.6) is 5.75 Å². The van der Waals surface area contributed by atoms with Crippen LogP contribution in [0.2, 0.25) is 0 Å². The molecule has 0 saturated carbocycles. The number of ether oxygens (including phenoxy) is 1. The summed E-state index contributed by atoms with van der Waals surface area (Å²) in [6, 6.07) is 15.1. The monoisotopic (exact) mass is 309 g/mol. The lowest BCUT2D eigenvalue weighted by molar-refractivity contribution is -0.133. The van der Waals surface area contributed by atoms with Gasteiger partial charge in [0.25, 0.3) is 0 Å². The molecule has 2 aromatic rings. The molecule has 0 atom stereocenters. The van der Waals surface area contributed by atoms with Crippen LogP contribution in [0.25, 0.3) is 0 Å². The van der Waals surface area contributed by atoms with Gasteiger partial charge in [0.1, 0.15) is 11.8 Å².